The second-order valence-corrected chi connectivity index (χ2v) is 13.1. The van der Waals surface area contributed by atoms with Crippen LogP contribution in [0.3, 0.4) is 0 Å². The zero-order valence-corrected chi connectivity index (χ0v) is 23.4. The maximum absolute atomic E-state index is 13.3. The fourth-order valence-corrected chi connectivity index (χ4v) is 9.25. The lowest BCUT2D eigenvalue weighted by molar-refractivity contribution is -0.384. The number of non-ortho nitro benzene ring substituents is 1. The number of β-lactam (4-membered cyclic amide) rings is 1. The summed E-state index contributed by atoms with van der Waals surface area (Å²) in [4.78, 5) is 51.4. The van der Waals surface area contributed by atoms with Gasteiger partial charge >= 0.3 is 5.97 Å². The third-order valence-electron chi connectivity index (χ3n) is 7.61. The monoisotopic (exact) mass is 583 g/mol. The lowest BCUT2D eigenvalue weighted by Gasteiger charge is -2.54. The Kier molecular flexibility index (Phi) is 8.05. The van der Waals surface area contributed by atoms with E-state index in [1.54, 1.807) is 31.2 Å². The summed E-state index contributed by atoms with van der Waals surface area (Å²) in [6.45, 7) is 3.35. The Hall–Kier alpha value is -3.19. The molecule has 2 aromatic rings. The molecule has 2 N–H and O–H groups in total. The van der Waals surface area contributed by atoms with E-state index in [0.717, 1.165) is 6.42 Å². The highest BCUT2D eigenvalue weighted by atomic mass is 32.2. The lowest BCUT2D eigenvalue weighted by atomic mass is 9.77. The number of Topliss-reactive ketones (excluding diaryl/α,β-unsaturated/α-hetero) is 1. The number of nitro groups is 1. The van der Waals surface area contributed by atoms with Gasteiger partial charge in [-0.25, -0.2) is 4.79 Å². The first kappa shape index (κ1) is 28.3. The van der Waals surface area contributed by atoms with Crippen molar-refractivity contribution >= 4 is 46.9 Å². The van der Waals surface area contributed by atoms with E-state index in [2.05, 4.69) is 4.90 Å². The van der Waals surface area contributed by atoms with Crippen molar-refractivity contribution in [2.24, 2.45) is 5.92 Å². The van der Waals surface area contributed by atoms with Gasteiger partial charge in [0, 0.05) is 35.9 Å². The Labute approximate surface area is 239 Å². The third-order valence-corrected chi connectivity index (χ3v) is 10.6. The molecule has 2 saturated heterocycles. The van der Waals surface area contributed by atoms with Crippen LogP contribution in [-0.4, -0.2) is 78.5 Å². The van der Waals surface area contributed by atoms with E-state index in [1.807, 2.05) is 18.2 Å². The van der Waals surface area contributed by atoms with Gasteiger partial charge in [-0.2, -0.15) is 0 Å². The summed E-state index contributed by atoms with van der Waals surface area (Å²) in [5.74, 6) is -2.43. The van der Waals surface area contributed by atoms with Crippen LogP contribution in [0.5, 0.6) is 0 Å². The normalized spacial score (nSPS) is 25.1. The van der Waals surface area contributed by atoms with Gasteiger partial charge < -0.3 is 10.2 Å². The van der Waals surface area contributed by atoms with Crippen LogP contribution in [0, 0.1) is 16.0 Å². The number of nitrogens with zero attached hydrogens (tertiary/aromatic N) is 3. The van der Waals surface area contributed by atoms with Crippen molar-refractivity contribution in [3.05, 3.63) is 85.8 Å². The predicted molar refractivity (Wildman–Crippen MR) is 152 cm³/mol. The number of aliphatic carboxylic acids is 1. The molecule has 10 nitrogen and oxygen atoms in total. The van der Waals surface area contributed by atoms with Crippen molar-refractivity contribution in [3.8, 4) is 0 Å². The molecule has 3 aliphatic heterocycles. The summed E-state index contributed by atoms with van der Waals surface area (Å²) in [6.07, 6.45) is 0.352. The number of rotatable bonds is 11. The van der Waals surface area contributed by atoms with E-state index in [-0.39, 0.29) is 35.4 Å². The minimum Gasteiger partial charge on any atom is -0.477 e. The maximum atomic E-state index is 13.3. The fraction of sp³-hybridized carbons (Fsp3) is 0.393. The Bertz CT molecular complexity index is 1370. The molecule has 1 amide bonds. The van der Waals surface area contributed by atoms with Crippen LogP contribution in [0.2, 0.25) is 0 Å². The topological polar surface area (TPSA) is 141 Å². The molecule has 0 spiro atoms. The number of hydrogen-bond acceptors (Lipinski definition) is 9. The van der Waals surface area contributed by atoms with E-state index in [0.29, 0.717) is 34.9 Å². The molecule has 0 bridgehead atoms. The Balaban J connectivity index is 1.36. The van der Waals surface area contributed by atoms with Gasteiger partial charge in [0.25, 0.3) is 5.69 Å². The molecule has 3 aliphatic rings. The number of aliphatic hydroxyl groups excluding tert-OH is 1. The zero-order chi connectivity index (χ0) is 28.6. The van der Waals surface area contributed by atoms with Gasteiger partial charge in [0.15, 0.2) is 11.5 Å². The van der Waals surface area contributed by atoms with Crippen molar-refractivity contribution in [2.45, 2.75) is 42.4 Å². The highest BCUT2D eigenvalue weighted by molar-refractivity contribution is 8.23. The average Bonchev–Trinajstić information content (AvgIpc) is 3.49. The first-order chi connectivity index (χ1) is 19.1. The Morgan fingerprint density at radius 3 is 2.52 bits per heavy atom. The van der Waals surface area contributed by atoms with Crippen LogP contribution < -0.4 is 0 Å². The number of carbonyl (C=O) groups excluding carboxylic acids is 2. The van der Waals surface area contributed by atoms with E-state index < -0.39 is 33.7 Å². The van der Waals surface area contributed by atoms with Crippen LogP contribution in [-0.2, 0) is 16.0 Å². The van der Waals surface area contributed by atoms with Crippen molar-refractivity contribution < 1.29 is 29.5 Å². The van der Waals surface area contributed by atoms with Crippen molar-refractivity contribution in [3.63, 3.8) is 0 Å². The van der Waals surface area contributed by atoms with Gasteiger partial charge in [0.05, 0.1) is 27.7 Å². The number of carboxylic acid groups (broad SMARTS) is 1. The number of likely N-dealkylation sites (tertiary alicyclic amines) is 1. The molecule has 0 aromatic heterocycles. The summed E-state index contributed by atoms with van der Waals surface area (Å²) in [7, 11) is 0. The number of aliphatic hydroxyl groups is 1. The van der Waals surface area contributed by atoms with Gasteiger partial charge in [-0.3, -0.25) is 29.5 Å². The summed E-state index contributed by atoms with van der Waals surface area (Å²) in [6, 6.07) is 15.1. The molecule has 12 heteroatoms. The molecule has 210 valence electrons. The molecular formula is C28H29N3O7S2. The number of carbonyl (C=O) groups is 3. The first-order valence-corrected chi connectivity index (χ1v) is 14.7. The number of carboxylic acids is 1. The highest BCUT2D eigenvalue weighted by Crippen LogP contribution is 2.63. The van der Waals surface area contributed by atoms with Crippen molar-refractivity contribution in [2.75, 3.05) is 19.6 Å². The summed E-state index contributed by atoms with van der Waals surface area (Å²) >= 11 is 2.70. The number of fused-ring (bicyclic) bond motifs is 1. The second kappa shape index (κ2) is 11.4. The van der Waals surface area contributed by atoms with Gasteiger partial charge in [-0.1, -0.05) is 61.2 Å². The maximum Gasteiger partial charge on any atom is 0.354 e. The van der Waals surface area contributed by atoms with Gasteiger partial charge in [0.1, 0.15) is 4.87 Å². The molecule has 40 heavy (non-hydrogen) atoms. The fourth-order valence-electron chi connectivity index (χ4n) is 5.62. The lowest BCUT2D eigenvalue weighted by Crippen LogP contribution is -2.71. The SMILES string of the molecule is CC[C@H](O)[C@@H]1C(=O)N2C(C(=O)O)=C(SC3CCN(CC(=O)c4ccccc4)C3)S[C@]12Cc1ccc([N+](=O)[O-])cc1. The Morgan fingerprint density at radius 2 is 1.90 bits per heavy atom. The smallest absolute Gasteiger partial charge is 0.354 e. The zero-order valence-electron chi connectivity index (χ0n) is 21.8. The highest BCUT2D eigenvalue weighted by Gasteiger charge is 2.68. The minimum absolute atomic E-state index is 0.0279. The van der Waals surface area contributed by atoms with E-state index in [1.165, 1.54) is 40.6 Å². The predicted octanol–water partition coefficient (Wildman–Crippen LogP) is 3.75. The molecule has 2 aromatic carbocycles. The third kappa shape index (κ3) is 5.16. The number of thioether (sulfide) groups is 2. The van der Waals surface area contributed by atoms with E-state index >= 15 is 0 Å². The molecule has 0 saturated carbocycles. The van der Waals surface area contributed by atoms with Gasteiger partial charge in [0.2, 0.25) is 5.91 Å². The minimum atomic E-state index is -1.22. The van der Waals surface area contributed by atoms with Crippen LogP contribution in [0.15, 0.2) is 64.5 Å². The summed E-state index contributed by atoms with van der Waals surface area (Å²) in [5.41, 5.74) is 1.20. The van der Waals surface area contributed by atoms with E-state index in [9.17, 15) is 34.7 Å². The molecule has 5 rings (SSSR count). The number of amides is 1. The molecule has 1 unspecified atom stereocenters. The first-order valence-electron chi connectivity index (χ1n) is 13.0. The Morgan fingerprint density at radius 1 is 1.20 bits per heavy atom. The van der Waals surface area contributed by atoms with Crippen LogP contribution in [0.25, 0.3) is 0 Å². The molecule has 0 radical (unpaired) electrons. The summed E-state index contributed by atoms with van der Waals surface area (Å²) in [5, 5.41) is 32.1. The van der Waals surface area contributed by atoms with Crippen molar-refractivity contribution in [1.82, 2.24) is 9.80 Å². The average molecular weight is 584 g/mol. The number of ketones is 1. The second-order valence-electron chi connectivity index (χ2n) is 10.2. The quantitative estimate of drug-likeness (QED) is 0.174. The molecule has 0 aliphatic carbocycles. The van der Waals surface area contributed by atoms with E-state index in [4.69, 9.17) is 0 Å². The van der Waals surface area contributed by atoms with Gasteiger partial charge in [-0.15, -0.1) is 11.8 Å². The molecule has 3 heterocycles. The standard InChI is InChI=1S/C28H29N3O7S2/c1-2-21(32)23-25(34)30-24(26(35)36)27(40-28(23,30)14-17-8-10-19(11-9-17)31(37)38)39-20-12-13-29(15-20)16-22(33)18-6-4-3-5-7-18/h3-11,20-21,23,32H,2,12-16H2,1H3,(H,35,36)/t20?,21-,23+,28+/m0/s1. The van der Waals surface area contributed by atoms with Crippen LogP contribution >= 0.6 is 23.5 Å². The summed E-state index contributed by atoms with van der Waals surface area (Å²) < 4.78 is 0.509. The van der Waals surface area contributed by atoms with Crippen molar-refractivity contribution in [1.29, 1.82) is 0 Å². The molecular weight excluding hydrogens is 554 g/mol. The molecule has 4 atom stereocenters. The number of benzene rings is 2. The van der Waals surface area contributed by atoms with Crippen LogP contribution in [0.4, 0.5) is 5.69 Å². The number of nitro benzene ring substituents is 1. The number of hydrogen-bond donors (Lipinski definition) is 2. The largest absolute Gasteiger partial charge is 0.477 e. The van der Waals surface area contributed by atoms with Crippen LogP contribution in [0.1, 0.15) is 35.7 Å². The van der Waals surface area contributed by atoms with Gasteiger partial charge in [-0.05, 0) is 24.9 Å². The molecule has 2 fully saturated rings.